The fraction of sp³-hybridized carbons (Fsp3) is 0.500. The van der Waals surface area contributed by atoms with E-state index in [0.717, 1.165) is 24.2 Å². The average molecular weight is 311 g/mol. The number of amides is 1. The van der Waals surface area contributed by atoms with Gasteiger partial charge in [0.15, 0.2) is 9.84 Å². The standard InChI is InChI=1S/C14H21N3O3S/c15-16-14(18)10-12-2-4-13(5-3-12)11-17-6-1-8-21(19,20)9-7-17/h2-5H,1,6-11,15H2,(H,16,18). The van der Waals surface area contributed by atoms with Crippen LogP contribution in [0.4, 0.5) is 0 Å². The molecule has 0 saturated carbocycles. The van der Waals surface area contributed by atoms with Gasteiger partial charge in [-0.2, -0.15) is 0 Å². The van der Waals surface area contributed by atoms with Gasteiger partial charge >= 0.3 is 0 Å². The molecule has 0 radical (unpaired) electrons. The van der Waals surface area contributed by atoms with E-state index >= 15 is 0 Å². The molecule has 1 amide bonds. The maximum absolute atomic E-state index is 11.6. The molecule has 1 aromatic rings. The molecule has 0 aromatic heterocycles. The van der Waals surface area contributed by atoms with Gasteiger partial charge in [0.2, 0.25) is 5.91 Å². The molecule has 0 bridgehead atoms. The van der Waals surface area contributed by atoms with Crippen LogP contribution in [0.25, 0.3) is 0 Å². The molecule has 1 aromatic carbocycles. The highest BCUT2D eigenvalue weighted by atomic mass is 32.2. The Hall–Kier alpha value is -1.44. The second-order valence-electron chi connectivity index (χ2n) is 5.34. The second-order valence-corrected chi connectivity index (χ2v) is 7.65. The van der Waals surface area contributed by atoms with Gasteiger partial charge in [0, 0.05) is 13.1 Å². The Morgan fingerprint density at radius 3 is 2.48 bits per heavy atom. The van der Waals surface area contributed by atoms with Crippen LogP contribution in [0.3, 0.4) is 0 Å². The summed E-state index contributed by atoms with van der Waals surface area (Å²) in [6.07, 6.45) is 0.954. The Bertz CT molecular complexity index is 584. The number of hydrogen-bond acceptors (Lipinski definition) is 5. The Kier molecular flexibility index (Phi) is 5.33. The molecule has 6 nitrogen and oxygen atoms in total. The van der Waals surface area contributed by atoms with Crippen molar-refractivity contribution in [3.63, 3.8) is 0 Å². The number of benzene rings is 1. The number of carbonyl (C=O) groups is 1. The first-order chi connectivity index (χ1) is 9.98. The Labute approximate surface area is 125 Å². The van der Waals surface area contributed by atoms with E-state index in [1.165, 1.54) is 0 Å². The quantitative estimate of drug-likeness (QED) is 0.458. The fourth-order valence-electron chi connectivity index (χ4n) is 2.41. The lowest BCUT2D eigenvalue weighted by Gasteiger charge is -2.19. The zero-order chi connectivity index (χ0) is 15.3. The molecule has 7 heteroatoms. The number of hydrazine groups is 1. The minimum atomic E-state index is -2.87. The lowest BCUT2D eigenvalue weighted by Crippen LogP contribution is -2.31. The Balaban J connectivity index is 1.92. The zero-order valence-corrected chi connectivity index (χ0v) is 12.7. The van der Waals surface area contributed by atoms with Crippen LogP contribution in [0, 0.1) is 0 Å². The Morgan fingerprint density at radius 1 is 1.14 bits per heavy atom. The SMILES string of the molecule is NNC(=O)Cc1ccc(CN2CCCS(=O)(=O)CC2)cc1. The molecule has 0 aliphatic carbocycles. The van der Waals surface area contributed by atoms with Crippen LogP contribution in [0.5, 0.6) is 0 Å². The summed E-state index contributed by atoms with van der Waals surface area (Å²) in [5, 5.41) is 0. The molecule has 0 atom stereocenters. The summed E-state index contributed by atoms with van der Waals surface area (Å²) in [7, 11) is -2.87. The molecule has 0 spiro atoms. The van der Waals surface area contributed by atoms with Gasteiger partial charge in [0.25, 0.3) is 0 Å². The van der Waals surface area contributed by atoms with Gasteiger partial charge < -0.3 is 0 Å². The number of carbonyl (C=O) groups excluding carboxylic acids is 1. The van der Waals surface area contributed by atoms with E-state index in [1.54, 1.807) is 0 Å². The van der Waals surface area contributed by atoms with E-state index in [-0.39, 0.29) is 23.8 Å². The summed E-state index contributed by atoms with van der Waals surface area (Å²) in [5.41, 5.74) is 4.12. The predicted molar refractivity (Wildman–Crippen MR) is 81.0 cm³/mol. The van der Waals surface area contributed by atoms with E-state index < -0.39 is 9.84 Å². The van der Waals surface area contributed by atoms with Crippen molar-refractivity contribution in [2.75, 3.05) is 24.6 Å². The van der Waals surface area contributed by atoms with Gasteiger partial charge in [-0.05, 0) is 24.1 Å². The molecule has 1 heterocycles. The molecular weight excluding hydrogens is 290 g/mol. The fourth-order valence-corrected chi connectivity index (χ4v) is 3.71. The molecule has 116 valence electrons. The maximum atomic E-state index is 11.6. The first kappa shape index (κ1) is 15.9. The van der Waals surface area contributed by atoms with Crippen molar-refractivity contribution in [2.45, 2.75) is 19.4 Å². The third kappa shape index (κ3) is 5.11. The number of nitrogens with one attached hydrogen (secondary N) is 1. The zero-order valence-electron chi connectivity index (χ0n) is 11.9. The summed E-state index contributed by atoms with van der Waals surface area (Å²) in [6.45, 7) is 2.12. The molecule has 1 saturated heterocycles. The molecule has 2 rings (SSSR count). The minimum absolute atomic E-state index is 0.222. The topological polar surface area (TPSA) is 92.5 Å². The average Bonchev–Trinajstić information content (AvgIpc) is 2.62. The maximum Gasteiger partial charge on any atom is 0.238 e. The number of nitrogens with two attached hydrogens (primary N) is 1. The van der Waals surface area contributed by atoms with Crippen LogP contribution in [0.15, 0.2) is 24.3 Å². The molecule has 1 fully saturated rings. The molecule has 3 N–H and O–H groups in total. The van der Waals surface area contributed by atoms with Gasteiger partial charge in [-0.15, -0.1) is 0 Å². The largest absolute Gasteiger partial charge is 0.298 e. The van der Waals surface area contributed by atoms with Crippen molar-refractivity contribution in [1.29, 1.82) is 0 Å². The smallest absolute Gasteiger partial charge is 0.238 e. The molecule has 0 unspecified atom stereocenters. The summed E-state index contributed by atoms with van der Waals surface area (Å²) < 4.78 is 23.1. The van der Waals surface area contributed by atoms with Crippen molar-refractivity contribution in [1.82, 2.24) is 10.3 Å². The van der Waals surface area contributed by atoms with Gasteiger partial charge in [0.1, 0.15) is 0 Å². The number of nitrogens with zero attached hydrogens (tertiary/aromatic N) is 1. The van der Waals surface area contributed by atoms with Crippen LogP contribution in [-0.2, 0) is 27.6 Å². The first-order valence-electron chi connectivity index (χ1n) is 6.98. The van der Waals surface area contributed by atoms with E-state index in [1.807, 2.05) is 24.3 Å². The van der Waals surface area contributed by atoms with E-state index in [0.29, 0.717) is 13.0 Å². The van der Waals surface area contributed by atoms with E-state index in [4.69, 9.17) is 5.84 Å². The van der Waals surface area contributed by atoms with E-state index in [2.05, 4.69) is 10.3 Å². The van der Waals surface area contributed by atoms with Crippen molar-refractivity contribution in [2.24, 2.45) is 5.84 Å². The van der Waals surface area contributed by atoms with Crippen LogP contribution >= 0.6 is 0 Å². The van der Waals surface area contributed by atoms with Crippen LogP contribution in [0.1, 0.15) is 17.5 Å². The molecule has 21 heavy (non-hydrogen) atoms. The van der Waals surface area contributed by atoms with Crippen LogP contribution in [0.2, 0.25) is 0 Å². The summed E-state index contributed by atoms with van der Waals surface area (Å²) in [5.74, 6) is 5.36. The highest BCUT2D eigenvalue weighted by Gasteiger charge is 2.18. The van der Waals surface area contributed by atoms with Crippen molar-refractivity contribution in [3.8, 4) is 0 Å². The third-order valence-electron chi connectivity index (χ3n) is 3.60. The highest BCUT2D eigenvalue weighted by Crippen LogP contribution is 2.11. The predicted octanol–water partition coefficient (Wildman–Crippen LogP) is -0.160. The Morgan fingerprint density at radius 2 is 1.81 bits per heavy atom. The number of sulfone groups is 1. The number of rotatable bonds is 4. The molecule has 1 aliphatic heterocycles. The molecule has 1 aliphatic rings. The minimum Gasteiger partial charge on any atom is -0.298 e. The summed E-state index contributed by atoms with van der Waals surface area (Å²) >= 11 is 0. The van der Waals surface area contributed by atoms with Gasteiger partial charge in [-0.1, -0.05) is 24.3 Å². The monoisotopic (exact) mass is 311 g/mol. The van der Waals surface area contributed by atoms with Crippen molar-refractivity contribution < 1.29 is 13.2 Å². The van der Waals surface area contributed by atoms with Crippen LogP contribution in [-0.4, -0.2) is 43.8 Å². The highest BCUT2D eigenvalue weighted by molar-refractivity contribution is 7.91. The van der Waals surface area contributed by atoms with Gasteiger partial charge in [0.05, 0.1) is 17.9 Å². The van der Waals surface area contributed by atoms with Gasteiger partial charge in [-0.3, -0.25) is 15.1 Å². The van der Waals surface area contributed by atoms with Crippen LogP contribution < -0.4 is 11.3 Å². The second kappa shape index (κ2) is 7.02. The van der Waals surface area contributed by atoms with Crippen molar-refractivity contribution >= 4 is 15.7 Å². The van der Waals surface area contributed by atoms with Crippen molar-refractivity contribution in [3.05, 3.63) is 35.4 Å². The van der Waals surface area contributed by atoms with E-state index in [9.17, 15) is 13.2 Å². The van der Waals surface area contributed by atoms with Gasteiger partial charge in [-0.25, -0.2) is 14.3 Å². The first-order valence-corrected chi connectivity index (χ1v) is 8.81. The molecular formula is C14H21N3O3S. The lowest BCUT2D eigenvalue weighted by molar-refractivity contribution is -0.120. The summed E-state index contributed by atoms with van der Waals surface area (Å²) in [4.78, 5) is 13.3. The normalized spacial score (nSPS) is 18.9. The lowest BCUT2D eigenvalue weighted by atomic mass is 10.1. The third-order valence-corrected chi connectivity index (χ3v) is 5.32. The summed E-state index contributed by atoms with van der Waals surface area (Å²) in [6, 6.07) is 7.75. The number of hydrogen-bond donors (Lipinski definition) is 2.